The lowest BCUT2D eigenvalue weighted by Crippen LogP contribution is -2.42. The summed E-state index contributed by atoms with van der Waals surface area (Å²) in [7, 11) is 0. The maximum atomic E-state index is 12.8. The van der Waals surface area contributed by atoms with Crippen molar-refractivity contribution >= 4 is 5.97 Å². The van der Waals surface area contributed by atoms with E-state index < -0.39 is 18.5 Å². The average molecular weight is 343 g/mol. The van der Waals surface area contributed by atoms with Crippen molar-refractivity contribution in [1.82, 2.24) is 4.90 Å². The molecular formula is C17H23F2NO4. The molecule has 5 nitrogen and oxygen atoms in total. The number of ether oxygens (including phenoxy) is 2. The number of hydrogen-bond donors (Lipinski definition) is 1. The van der Waals surface area contributed by atoms with Gasteiger partial charge in [-0.3, -0.25) is 9.69 Å². The van der Waals surface area contributed by atoms with Crippen LogP contribution in [0, 0.1) is 11.8 Å². The van der Waals surface area contributed by atoms with Gasteiger partial charge in [-0.25, -0.2) is 0 Å². The standard InChI is InChI=1S/C17H23F2NO4/c1-3-23-14-6-4-5-12(15(14)24-17(18)19)9-20-8-11(2)7-13(10-20)16(21)22/h4-6,11,13,17H,3,7-10H2,1-2H3,(H,21,22). The molecule has 7 heteroatoms. The summed E-state index contributed by atoms with van der Waals surface area (Å²) in [6.07, 6.45) is 0.630. The van der Waals surface area contributed by atoms with Crippen molar-refractivity contribution in [3.8, 4) is 11.5 Å². The smallest absolute Gasteiger partial charge is 0.387 e. The summed E-state index contributed by atoms with van der Waals surface area (Å²) in [4.78, 5) is 13.2. The lowest BCUT2D eigenvalue weighted by molar-refractivity contribution is -0.144. The summed E-state index contributed by atoms with van der Waals surface area (Å²) in [5.41, 5.74) is 0.569. The zero-order chi connectivity index (χ0) is 17.7. The van der Waals surface area contributed by atoms with E-state index in [4.69, 9.17) is 4.74 Å². The highest BCUT2D eigenvalue weighted by Crippen LogP contribution is 2.34. The first-order valence-corrected chi connectivity index (χ1v) is 8.05. The quantitative estimate of drug-likeness (QED) is 0.824. The predicted molar refractivity (Wildman–Crippen MR) is 84.4 cm³/mol. The molecule has 24 heavy (non-hydrogen) atoms. The molecule has 2 rings (SSSR count). The van der Waals surface area contributed by atoms with Crippen LogP contribution in [0.5, 0.6) is 11.5 Å². The van der Waals surface area contributed by atoms with Crippen LogP contribution in [0.1, 0.15) is 25.8 Å². The van der Waals surface area contributed by atoms with Gasteiger partial charge in [-0.1, -0.05) is 19.1 Å². The van der Waals surface area contributed by atoms with E-state index in [9.17, 15) is 18.7 Å². The number of nitrogens with zero attached hydrogens (tertiary/aromatic N) is 1. The number of carboxylic acid groups (broad SMARTS) is 1. The molecule has 2 atom stereocenters. The topological polar surface area (TPSA) is 59.0 Å². The molecule has 2 unspecified atom stereocenters. The molecule has 1 saturated heterocycles. The number of alkyl halides is 2. The molecule has 0 aliphatic carbocycles. The Kier molecular flexibility index (Phi) is 6.36. The summed E-state index contributed by atoms with van der Waals surface area (Å²) < 4.78 is 35.6. The maximum absolute atomic E-state index is 12.8. The van der Waals surface area contributed by atoms with Crippen LogP contribution in [0.25, 0.3) is 0 Å². The Morgan fingerprint density at radius 3 is 2.79 bits per heavy atom. The number of piperidine rings is 1. The second kappa shape index (κ2) is 8.28. The van der Waals surface area contributed by atoms with Gasteiger partial charge in [-0.15, -0.1) is 0 Å². The molecule has 134 valence electrons. The van der Waals surface area contributed by atoms with E-state index >= 15 is 0 Å². The molecule has 1 aromatic rings. The Bertz CT molecular complexity index is 568. The molecule has 1 aromatic carbocycles. The van der Waals surface area contributed by atoms with Crippen molar-refractivity contribution in [2.75, 3.05) is 19.7 Å². The van der Waals surface area contributed by atoms with Gasteiger partial charge in [0.15, 0.2) is 11.5 Å². The van der Waals surface area contributed by atoms with Gasteiger partial charge in [0.2, 0.25) is 0 Å². The normalized spacial score (nSPS) is 21.7. The number of likely N-dealkylation sites (tertiary alicyclic amines) is 1. The van der Waals surface area contributed by atoms with E-state index in [0.29, 0.717) is 31.7 Å². The van der Waals surface area contributed by atoms with Gasteiger partial charge in [0, 0.05) is 25.2 Å². The Balaban J connectivity index is 2.21. The molecule has 0 saturated carbocycles. The fourth-order valence-corrected chi connectivity index (χ4v) is 3.19. The van der Waals surface area contributed by atoms with Crippen molar-refractivity contribution in [3.05, 3.63) is 23.8 Å². The van der Waals surface area contributed by atoms with E-state index in [1.54, 1.807) is 25.1 Å². The van der Waals surface area contributed by atoms with Crippen LogP contribution in [0.15, 0.2) is 18.2 Å². The molecule has 1 aliphatic heterocycles. The van der Waals surface area contributed by atoms with Crippen molar-refractivity contribution < 1.29 is 28.2 Å². The van der Waals surface area contributed by atoms with E-state index in [-0.39, 0.29) is 17.4 Å². The van der Waals surface area contributed by atoms with Crippen LogP contribution < -0.4 is 9.47 Å². The third kappa shape index (κ3) is 4.80. The van der Waals surface area contributed by atoms with Crippen LogP contribution >= 0.6 is 0 Å². The summed E-state index contributed by atoms with van der Waals surface area (Å²) in [6, 6.07) is 5.01. The number of halogens is 2. The number of benzene rings is 1. The highest BCUT2D eigenvalue weighted by molar-refractivity contribution is 5.70. The summed E-state index contributed by atoms with van der Waals surface area (Å²) in [5.74, 6) is -0.731. The Labute approximate surface area is 140 Å². The molecule has 0 radical (unpaired) electrons. The Morgan fingerprint density at radius 1 is 1.42 bits per heavy atom. The predicted octanol–water partition coefficient (Wildman–Crippen LogP) is 3.23. The SMILES string of the molecule is CCOc1cccc(CN2CC(C)CC(C(=O)O)C2)c1OC(F)F. The van der Waals surface area contributed by atoms with Gasteiger partial charge >= 0.3 is 12.6 Å². The number of aliphatic carboxylic acids is 1. The van der Waals surface area contributed by atoms with Crippen LogP contribution in [-0.4, -0.2) is 42.3 Å². The molecule has 1 aliphatic rings. The first-order valence-electron chi connectivity index (χ1n) is 8.05. The zero-order valence-electron chi connectivity index (χ0n) is 13.9. The molecule has 1 heterocycles. The number of rotatable bonds is 7. The Morgan fingerprint density at radius 2 is 2.17 bits per heavy atom. The van der Waals surface area contributed by atoms with Gasteiger partial charge in [-0.05, 0) is 25.3 Å². The second-order valence-electron chi connectivity index (χ2n) is 6.13. The van der Waals surface area contributed by atoms with Gasteiger partial charge in [0.05, 0.1) is 12.5 Å². The van der Waals surface area contributed by atoms with E-state index in [2.05, 4.69) is 4.74 Å². The minimum Gasteiger partial charge on any atom is -0.490 e. The monoisotopic (exact) mass is 343 g/mol. The van der Waals surface area contributed by atoms with Gasteiger partial charge in [0.25, 0.3) is 0 Å². The van der Waals surface area contributed by atoms with Gasteiger partial charge in [-0.2, -0.15) is 8.78 Å². The van der Waals surface area contributed by atoms with Gasteiger partial charge in [0.1, 0.15) is 0 Å². The number of para-hydroxylation sites is 1. The molecule has 0 bridgehead atoms. The number of hydrogen-bond acceptors (Lipinski definition) is 4. The minimum absolute atomic E-state index is 0.0273. The average Bonchev–Trinajstić information content (AvgIpc) is 2.49. The van der Waals surface area contributed by atoms with E-state index in [0.717, 1.165) is 6.54 Å². The Hall–Kier alpha value is -1.89. The zero-order valence-corrected chi connectivity index (χ0v) is 13.9. The number of carbonyl (C=O) groups is 1. The van der Waals surface area contributed by atoms with E-state index in [1.165, 1.54) is 0 Å². The van der Waals surface area contributed by atoms with Crippen molar-refractivity contribution in [2.24, 2.45) is 11.8 Å². The summed E-state index contributed by atoms with van der Waals surface area (Å²) >= 11 is 0. The van der Waals surface area contributed by atoms with Crippen LogP contribution in [0.3, 0.4) is 0 Å². The summed E-state index contributed by atoms with van der Waals surface area (Å²) in [6.45, 7) is 2.61. The third-order valence-electron chi connectivity index (χ3n) is 4.05. The first-order chi connectivity index (χ1) is 11.4. The third-order valence-corrected chi connectivity index (χ3v) is 4.05. The minimum atomic E-state index is -2.95. The molecule has 1 N–H and O–H groups in total. The lowest BCUT2D eigenvalue weighted by Gasteiger charge is -2.35. The lowest BCUT2D eigenvalue weighted by atomic mass is 9.90. The largest absolute Gasteiger partial charge is 0.490 e. The van der Waals surface area contributed by atoms with Crippen molar-refractivity contribution in [1.29, 1.82) is 0 Å². The fourth-order valence-electron chi connectivity index (χ4n) is 3.19. The van der Waals surface area contributed by atoms with Crippen LogP contribution in [-0.2, 0) is 11.3 Å². The maximum Gasteiger partial charge on any atom is 0.387 e. The second-order valence-corrected chi connectivity index (χ2v) is 6.13. The molecule has 1 fully saturated rings. The van der Waals surface area contributed by atoms with E-state index in [1.807, 2.05) is 11.8 Å². The summed E-state index contributed by atoms with van der Waals surface area (Å²) in [5, 5.41) is 9.26. The van der Waals surface area contributed by atoms with Crippen LogP contribution in [0.2, 0.25) is 0 Å². The first kappa shape index (κ1) is 18.4. The highest BCUT2D eigenvalue weighted by atomic mass is 19.3. The van der Waals surface area contributed by atoms with Crippen molar-refractivity contribution in [2.45, 2.75) is 33.4 Å². The fraction of sp³-hybridized carbons (Fsp3) is 0.588. The van der Waals surface area contributed by atoms with Crippen molar-refractivity contribution in [3.63, 3.8) is 0 Å². The molecule has 0 spiro atoms. The molecule has 0 aromatic heterocycles. The van der Waals surface area contributed by atoms with Crippen LogP contribution in [0.4, 0.5) is 8.78 Å². The van der Waals surface area contributed by atoms with Gasteiger partial charge < -0.3 is 14.6 Å². The molecular weight excluding hydrogens is 320 g/mol. The molecule has 0 amide bonds. The highest BCUT2D eigenvalue weighted by Gasteiger charge is 2.30. The number of carboxylic acids is 1.